The average molecular weight is 866 g/mol. The fraction of sp³-hybridized carbons (Fsp3) is 0.0156. The van der Waals surface area contributed by atoms with Gasteiger partial charge in [0.15, 0.2) is 17.5 Å². The molecular formula is C64H39N3O. The summed E-state index contributed by atoms with van der Waals surface area (Å²) in [5, 5.41) is 2.22. The molecule has 0 N–H and O–H groups in total. The minimum atomic E-state index is -0.366. The van der Waals surface area contributed by atoms with Gasteiger partial charge in [0, 0.05) is 27.5 Å². The number of fused-ring (bicyclic) bond motifs is 13. The molecule has 4 heteroatoms. The number of para-hydroxylation sites is 1. The molecule has 10 aromatic carbocycles. The first-order valence-corrected chi connectivity index (χ1v) is 23.2. The van der Waals surface area contributed by atoms with E-state index in [0.29, 0.717) is 17.5 Å². The van der Waals surface area contributed by atoms with E-state index in [1.54, 1.807) is 0 Å². The van der Waals surface area contributed by atoms with E-state index < -0.39 is 0 Å². The molecule has 14 rings (SSSR count). The molecule has 0 bridgehead atoms. The molecular weight excluding hydrogens is 827 g/mol. The van der Waals surface area contributed by atoms with E-state index in [-0.39, 0.29) is 5.41 Å². The molecule has 0 unspecified atom stereocenters. The van der Waals surface area contributed by atoms with Crippen molar-refractivity contribution in [2.45, 2.75) is 5.41 Å². The zero-order valence-corrected chi connectivity index (χ0v) is 36.8. The Bertz CT molecular complexity index is 3880. The van der Waals surface area contributed by atoms with Crippen LogP contribution >= 0.6 is 0 Å². The highest BCUT2D eigenvalue weighted by Gasteiger charge is 2.51. The molecule has 0 fully saturated rings. The van der Waals surface area contributed by atoms with E-state index in [2.05, 4.69) is 188 Å². The number of furan rings is 1. The maximum Gasteiger partial charge on any atom is 0.164 e. The topological polar surface area (TPSA) is 51.8 Å². The van der Waals surface area contributed by atoms with Gasteiger partial charge in [0.2, 0.25) is 0 Å². The van der Waals surface area contributed by atoms with Crippen LogP contribution in [0.5, 0.6) is 0 Å². The lowest BCUT2D eigenvalue weighted by Crippen LogP contribution is -2.25. The highest BCUT2D eigenvalue weighted by Crippen LogP contribution is 2.63. The minimum Gasteiger partial charge on any atom is -0.456 e. The van der Waals surface area contributed by atoms with Crippen molar-refractivity contribution in [3.63, 3.8) is 0 Å². The lowest BCUT2D eigenvalue weighted by Gasteiger charge is -2.30. The summed E-state index contributed by atoms with van der Waals surface area (Å²) in [5.74, 6) is 1.87. The van der Waals surface area contributed by atoms with Crippen LogP contribution in [-0.2, 0) is 5.41 Å². The second-order valence-electron chi connectivity index (χ2n) is 17.8. The molecule has 12 aromatic rings. The first-order chi connectivity index (χ1) is 33.7. The predicted molar refractivity (Wildman–Crippen MR) is 276 cm³/mol. The van der Waals surface area contributed by atoms with Crippen molar-refractivity contribution in [1.29, 1.82) is 0 Å². The van der Waals surface area contributed by atoms with E-state index in [9.17, 15) is 0 Å². The van der Waals surface area contributed by atoms with Crippen LogP contribution in [0, 0.1) is 0 Å². The Morgan fingerprint density at radius 1 is 0.265 bits per heavy atom. The number of nitrogens with zero attached hydrogens (tertiary/aromatic N) is 3. The lowest BCUT2D eigenvalue weighted by molar-refractivity contribution is 0.669. The molecule has 0 saturated carbocycles. The molecule has 2 aliphatic rings. The van der Waals surface area contributed by atoms with Gasteiger partial charge < -0.3 is 4.42 Å². The van der Waals surface area contributed by atoms with E-state index in [1.165, 1.54) is 55.6 Å². The van der Waals surface area contributed by atoms with Gasteiger partial charge in [-0.2, -0.15) is 0 Å². The first-order valence-electron chi connectivity index (χ1n) is 23.2. The standard InChI is InChI=1S/C64H39N3O/c1-2-13-44(14-3-1)61-65-62(67-63(66-61)46-35-31-43(32-36-46)48-19-12-24-59-60(48)53-18-7-11-23-58(53)68-59)45-33-29-41(30-34-45)40-25-27-42(28-26-40)47-37-38-52-51-17-6-10-22-56(51)64(57(52)39-47)54-20-8-4-15-49(54)50-16-5-9-21-55(50)64/h1-39H. The molecule has 0 amide bonds. The zero-order chi connectivity index (χ0) is 44.8. The van der Waals surface area contributed by atoms with Gasteiger partial charge in [-0.05, 0) is 96.1 Å². The third-order valence-corrected chi connectivity index (χ3v) is 14.2. The van der Waals surface area contributed by atoms with E-state index >= 15 is 0 Å². The third kappa shape index (κ3) is 5.77. The van der Waals surface area contributed by atoms with Gasteiger partial charge in [0.25, 0.3) is 0 Å². The first kappa shape index (κ1) is 38.3. The van der Waals surface area contributed by atoms with E-state index in [4.69, 9.17) is 19.4 Å². The van der Waals surface area contributed by atoms with E-state index in [1.807, 2.05) is 48.5 Å². The summed E-state index contributed by atoms with van der Waals surface area (Å²) in [6.45, 7) is 0. The number of hydrogen-bond acceptors (Lipinski definition) is 4. The monoisotopic (exact) mass is 865 g/mol. The Balaban J connectivity index is 0.787. The summed E-state index contributed by atoms with van der Waals surface area (Å²) in [4.78, 5) is 15.1. The van der Waals surface area contributed by atoms with Gasteiger partial charge in [0.05, 0.1) is 5.41 Å². The smallest absolute Gasteiger partial charge is 0.164 e. The van der Waals surface area contributed by atoms with Crippen LogP contribution in [0.2, 0.25) is 0 Å². The van der Waals surface area contributed by atoms with Crippen molar-refractivity contribution in [2.75, 3.05) is 0 Å². The second kappa shape index (κ2) is 15.0. The van der Waals surface area contributed by atoms with Crippen molar-refractivity contribution in [3.05, 3.63) is 259 Å². The predicted octanol–water partition coefficient (Wildman–Crippen LogP) is 16.1. The highest BCUT2D eigenvalue weighted by atomic mass is 16.3. The van der Waals surface area contributed by atoms with Crippen molar-refractivity contribution < 1.29 is 4.42 Å². The van der Waals surface area contributed by atoms with Crippen molar-refractivity contribution in [1.82, 2.24) is 15.0 Å². The second-order valence-corrected chi connectivity index (χ2v) is 17.8. The maximum absolute atomic E-state index is 6.20. The molecule has 316 valence electrons. The Morgan fingerprint density at radius 2 is 0.662 bits per heavy atom. The van der Waals surface area contributed by atoms with Crippen molar-refractivity contribution in [2.24, 2.45) is 0 Å². The highest BCUT2D eigenvalue weighted by molar-refractivity contribution is 6.12. The minimum absolute atomic E-state index is 0.366. The van der Waals surface area contributed by atoms with Gasteiger partial charge in [-0.1, -0.05) is 218 Å². The molecule has 0 atom stereocenters. The summed E-state index contributed by atoms with van der Waals surface area (Å²) in [7, 11) is 0. The molecule has 4 nitrogen and oxygen atoms in total. The van der Waals surface area contributed by atoms with Gasteiger partial charge in [-0.25, -0.2) is 15.0 Å². The average Bonchev–Trinajstić information content (AvgIpc) is 4.05. The van der Waals surface area contributed by atoms with Crippen LogP contribution in [0.15, 0.2) is 241 Å². The van der Waals surface area contributed by atoms with Gasteiger partial charge >= 0.3 is 0 Å². The fourth-order valence-corrected chi connectivity index (χ4v) is 11.1. The quantitative estimate of drug-likeness (QED) is 0.167. The summed E-state index contributed by atoms with van der Waals surface area (Å²) in [5.41, 5.74) is 21.7. The normalized spacial score (nSPS) is 12.8. The van der Waals surface area contributed by atoms with Gasteiger partial charge in [0.1, 0.15) is 11.2 Å². The van der Waals surface area contributed by atoms with Crippen LogP contribution in [0.25, 0.3) is 112 Å². The number of rotatable bonds is 6. The van der Waals surface area contributed by atoms with Crippen LogP contribution in [-0.4, -0.2) is 15.0 Å². The van der Waals surface area contributed by atoms with Gasteiger partial charge in [-0.3, -0.25) is 0 Å². The summed E-state index contributed by atoms with van der Waals surface area (Å²) < 4.78 is 6.20. The number of benzene rings is 10. The van der Waals surface area contributed by atoms with Crippen LogP contribution in [0.1, 0.15) is 22.3 Å². The maximum atomic E-state index is 6.20. The Morgan fingerprint density at radius 3 is 1.24 bits per heavy atom. The number of hydrogen-bond donors (Lipinski definition) is 0. The summed E-state index contributed by atoms with van der Waals surface area (Å²) in [6, 6.07) is 84.6. The SMILES string of the molecule is c1ccc(-c2nc(-c3ccc(-c4ccc(-c5ccc6c(c5)C5(c7ccccc7-c7ccccc75)c5ccccc5-6)cc4)cc3)nc(-c3ccc(-c4cccc5oc6ccccc6c45)cc3)n2)cc1. The van der Waals surface area contributed by atoms with Crippen molar-refractivity contribution in [3.8, 4) is 89.8 Å². The van der Waals surface area contributed by atoms with Crippen molar-refractivity contribution >= 4 is 21.9 Å². The third-order valence-electron chi connectivity index (χ3n) is 14.2. The number of aromatic nitrogens is 3. The molecule has 68 heavy (non-hydrogen) atoms. The molecule has 2 aromatic heterocycles. The molecule has 0 saturated heterocycles. The van der Waals surface area contributed by atoms with Crippen LogP contribution in [0.3, 0.4) is 0 Å². The molecule has 2 heterocycles. The summed E-state index contributed by atoms with van der Waals surface area (Å²) >= 11 is 0. The van der Waals surface area contributed by atoms with Crippen LogP contribution < -0.4 is 0 Å². The van der Waals surface area contributed by atoms with E-state index in [0.717, 1.165) is 60.9 Å². The zero-order valence-electron chi connectivity index (χ0n) is 36.8. The fourth-order valence-electron chi connectivity index (χ4n) is 11.1. The molecule has 1 spiro atoms. The molecule has 0 aliphatic heterocycles. The largest absolute Gasteiger partial charge is 0.456 e. The van der Waals surface area contributed by atoms with Gasteiger partial charge in [-0.15, -0.1) is 0 Å². The summed E-state index contributed by atoms with van der Waals surface area (Å²) in [6.07, 6.45) is 0. The molecule has 0 radical (unpaired) electrons. The Labute approximate surface area is 393 Å². The van der Waals surface area contributed by atoms with Crippen LogP contribution in [0.4, 0.5) is 0 Å². The lowest BCUT2D eigenvalue weighted by atomic mass is 9.70. The molecule has 2 aliphatic carbocycles. The Kier molecular flexibility index (Phi) is 8.46. The Hall–Kier alpha value is -8.99.